The van der Waals surface area contributed by atoms with Gasteiger partial charge in [-0.3, -0.25) is 4.79 Å². The Morgan fingerprint density at radius 2 is 2.29 bits per heavy atom. The van der Waals surface area contributed by atoms with Crippen molar-refractivity contribution in [3.63, 3.8) is 0 Å². The van der Waals surface area contributed by atoms with Crippen molar-refractivity contribution in [3.8, 4) is 0 Å². The molecule has 0 aliphatic rings. The number of carbonyl (C=O) groups is 1. The first-order chi connectivity index (χ1) is 8.06. The highest BCUT2D eigenvalue weighted by atomic mass is 32.1. The van der Waals surface area contributed by atoms with Crippen LogP contribution in [0.1, 0.15) is 21.2 Å². The van der Waals surface area contributed by atoms with Crippen molar-refractivity contribution in [2.24, 2.45) is 0 Å². The van der Waals surface area contributed by atoms with Crippen LogP contribution in [0, 0.1) is 6.92 Å². The van der Waals surface area contributed by atoms with Crippen molar-refractivity contribution in [1.29, 1.82) is 0 Å². The van der Waals surface area contributed by atoms with E-state index in [9.17, 15) is 9.59 Å². The zero-order valence-electron chi connectivity index (χ0n) is 8.95. The number of thiazole rings is 1. The van der Waals surface area contributed by atoms with E-state index >= 15 is 0 Å². The average molecular weight is 251 g/mol. The van der Waals surface area contributed by atoms with Gasteiger partial charge in [-0.05, 0) is 13.0 Å². The van der Waals surface area contributed by atoms with Crippen molar-refractivity contribution >= 4 is 17.3 Å². The minimum Gasteiger partial charge on any atom is -0.476 e. The molecule has 1 N–H and O–H groups in total. The molecule has 0 saturated carbocycles. The largest absolute Gasteiger partial charge is 0.476 e. The molecule has 88 valence electrons. The van der Waals surface area contributed by atoms with Gasteiger partial charge in [-0.15, -0.1) is 11.3 Å². The lowest BCUT2D eigenvalue weighted by Crippen LogP contribution is -2.23. The third-order valence-electron chi connectivity index (χ3n) is 2.05. The van der Waals surface area contributed by atoms with Crippen molar-refractivity contribution in [1.82, 2.24) is 14.8 Å². The number of aromatic carboxylic acids is 1. The maximum absolute atomic E-state index is 11.5. The molecule has 0 aliphatic carbocycles. The van der Waals surface area contributed by atoms with Gasteiger partial charge in [-0.2, -0.15) is 5.10 Å². The molecule has 0 bridgehead atoms. The molecule has 0 radical (unpaired) electrons. The summed E-state index contributed by atoms with van der Waals surface area (Å²) >= 11 is 1.03. The number of aromatic nitrogens is 3. The maximum Gasteiger partial charge on any atom is 0.365 e. The number of carboxylic acid groups (broad SMARTS) is 1. The summed E-state index contributed by atoms with van der Waals surface area (Å²) in [6.45, 7) is 1.96. The standard InChI is InChI=1S/C10H9N3O3S/c1-6-2-3-8(14)13(12-6)4-7-5-17-9(11-7)10(15)16/h2-3,5H,4H2,1H3,(H,15,16). The van der Waals surface area contributed by atoms with Gasteiger partial charge in [-0.1, -0.05) is 0 Å². The van der Waals surface area contributed by atoms with Crippen LogP contribution in [0.5, 0.6) is 0 Å². The fourth-order valence-corrected chi connectivity index (χ4v) is 1.94. The molecule has 0 unspecified atom stereocenters. The molecule has 0 atom stereocenters. The van der Waals surface area contributed by atoms with Gasteiger partial charge in [0.2, 0.25) is 5.01 Å². The summed E-state index contributed by atoms with van der Waals surface area (Å²) < 4.78 is 1.26. The van der Waals surface area contributed by atoms with Crippen molar-refractivity contribution in [2.45, 2.75) is 13.5 Å². The zero-order valence-corrected chi connectivity index (χ0v) is 9.77. The highest BCUT2D eigenvalue weighted by molar-refractivity contribution is 7.11. The lowest BCUT2D eigenvalue weighted by atomic mass is 10.4. The SMILES string of the molecule is Cc1ccc(=O)n(Cc2csc(C(=O)O)n2)n1. The van der Waals surface area contributed by atoms with E-state index < -0.39 is 5.97 Å². The predicted molar refractivity (Wildman–Crippen MR) is 61.4 cm³/mol. The number of rotatable bonds is 3. The number of carboxylic acids is 1. The molecule has 0 amide bonds. The first-order valence-electron chi connectivity index (χ1n) is 4.79. The van der Waals surface area contributed by atoms with E-state index in [0.29, 0.717) is 5.69 Å². The molecule has 6 nitrogen and oxygen atoms in total. The van der Waals surface area contributed by atoms with Crippen molar-refractivity contribution < 1.29 is 9.90 Å². The number of nitrogens with zero attached hydrogens (tertiary/aromatic N) is 3. The number of hydrogen-bond donors (Lipinski definition) is 1. The van der Waals surface area contributed by atoms with Crippen LogP contribution in [0.4, 0.5) is 0 Å². The fraction of sp³-hybridized carbons (Fsp3) is 0.200. The maximum atomic E-state index is 11.5. The van der Waals surface area contributed by atoms with Crippen molar-refractivity contribution in [3.05, 3.63) is 44.3 Å². The molecular weight excluding hydrogens is 242 g/mol. The predicted octanol–water partition coefficient (Wildman–Crippen LogP) is 0.755. The molecule has 2 heterocycles. The first kappa shape index (κ1) is 11.5. The van der Waals surface area contributed by atoms with E-state index in [1.54, 1.807) is 18.4 Å². The molecule has 0 spiro atoms. The molecule has 0 saturated heterocycles. The number of aryl methyl sites for hydroxylation is 1. The number of hydrogen-bond acceptors (Lipinski definition) is 5. The van der Waals surface area contributed by atoms with Crippen LogP contribution in [0.3, 0.4) is 0 Å². The van der Waals surface area contributed by atoms with Gasteiger partial charge in [0, 0.05) is 11.4 Å². The molecular formula is C10H9N3O3S. The minimum atomic E-state index is -1.06. The normalized spacial score (nSPS) is 10.4. The Hall–Kier alpha value is -2.02. The van der Waals surface area contributed by atoms with Crippen LogP contribution in [-0.4, -0.2) is 25.8 Å². The van der Waals surface area contributed by atoms with E-state index in [4.69, 9.17) is 5.11 Å². The summed E-state index contributed by atoms with van der Waals surface area (Å²) in [5, 5.41) is 14.4. The van der Waals surface area contributed by atoms with Crippen LogP contribution in [0.2, 0.25) is 0 Å². The molecule has 2 aromatic heterocycles. The fourth-order valence-electron chi connectivity index (χ4n) is 1.30. The van der Waals surface area contributed by atoms with Crippen LogP contribution in [-0.2, 0) is 6.54 Å². The smallest absolute Gasteiger partial charge is 0.365 e. The van der Waals surface area contributed by atoms with E-state index in [2.05, 4.69) is 10.1 Å². The van der Waals surface area contributed by atoms with Gasteiger partial charge in [0.25, 0.3) is 5.56 Å². The van der Waals surface area contributed by atoms with Crippen LogP contribution >= 0.6 is 11.3 Å². The van der Waals surface area contributed by atoms with Crippen LogP contribution in [0.25, 0.3) is 0 Å². The summed E-state index contributed by atoms with van der Waals surface area (Å²) in [4.78, 5) is 26.0. The Morgan fingerprint density at radius 3 is 2.94 bits per heavy atom. The van der Waals surface area contributed by atoms with E-state index in [1.165, 1.54) is 10.7 Å². The third kappa shape index (κ3) is 2.56. The van der Waals surface area contributed by atoms with Gasteiger partial charge in [0.1, 0.15) is 0 Å². The van der Waals surface area contributed by atoms with Gasteiger partial charge in [-0.25, -0.2) is 14.5 Å². The van der Waals surface area contributed by atoms with Crippen LogP contribution in [0.15, 0.2) is 22.3 Å². The van der Waals surface area contributed by atoms with Gasteiger partial charge in [0.15, 0.2) is 0 Å². The quantitative estimate of drug-likeness (QED) is 0.870. The van der Waals surface area contributed by atoms with E-state index in [0.717, 1.165) is 17.0 Å². The zero-order chi connectivity index (χ0) is 12.4. The second-order valence-electron chi connectivity index (χ2n) is 3.42. The first-order valence-corrected chi connectivity index (χ1v) is 5.66. The highest BCUT2D eigenvalue weighted by Gasteiger charge is 2.09. The summed E-state index contributed by atoms with van der Waals surface area (Å²) in [6.07, 6.45) is 0. The lowest BCUT2D eigenvalue weighted by Gasteiger charge is -2.01. The van der Waals surface area contributed by atoms with E-state index in [1.807, 2.05) is 0 Å². The lowest BCUT2D eigenvalue weighted by molar-refractivity contribution is 0.0696. The molecule has 2 aromatic rings. The Balaban J connectivity index is 2.28. The molecule has 7 heteroatoms. The summed E-state index contributed by atoms with van der Waals surface area (Å²) in [6, 6.07) is 3.05. The van der Waals surface area contributed by atoms with Crippen LogP contribution < -0.4 is 5.56 Å². The molecule has 17 heavy (non-hydrogen) atoms. The third-order valence-corrected chi connectivity index (χ3v) is 2.93. The summed E-state index contributed by atoms with van der Waals surface area (Å²) in [7, 11) is 0. The summed E-state index contributed by atoms with van der Waals surface area (Å²) in [5.41, 5.74) is 1.01. The Labute approximate surface area is 100 Å². The summed E-state index contributed by atoms with van der Waals surface area (Å²) in [5.74, 6) is -1.06. The van der Waals surface area contributed by atoms with E-state index in [-0.39, 0.29) is 17.1 Å². The van der Waals surface area contributed by atoms with Crippen molar-refractivity contribution in [2.75, 3.05) is 0 Å². The second-order valence-corrected chi connectivity index (χ2v) is 4.28. The Morgan fingerprint density at radius 1 is 1.53 bits per heavy atom. The molecule has 0 fully saturated rings. The molecule has 0 aromatic carbocycles. The molecule has 0 aliphatic heterocycles. The van der Waals surface area contributed by atoms with Gasteiger partial charge >= 0.3 is 5.97 Å². The second kappa shape index (κ2) is 4.46. The molecule has 2 rings (SSSR count). The topological polar surface area (TPSA) is 85.1 Å². The Bertz CT molecular complexity index is 617. The monoisotopic (exact) mass is 251 g/mol. The van der Waals surface area contributed by atoms with Gasteiger partial charge in [0.05, 0.1) is 17.9 Å². The highest BCUT2D eigenvalue weighted by Crippen LogP contribution is 2.09. The van der Waals surface area contributed by atoms with Gasteiger partial charge < -0.3 is 5.11 Å². The minimum absolute atomic E-state index is 0.0145. The average Bonchev–Trinajstić information content (AvgIpc) is 2.72. The Kier molecular flexibility index (Phi) is 3.01.